The van der Waals surface area contributed by atoms with Crippen molar-refractivity contribution < 1.29 is 64.6 Å². The normalized spacial score (nSPS) is 26.2. The van der Waals surface area contributed by atoms with Crippen LogP contribution in [0.15, 0.2) is 36.5 Å². The van der Waals surface area contributed by atoms with Crippen molar-refractivity contribution in [1.29, 1.82) is 0 Å². The van der Waals surface area contributed by atoms with E-state index in [-0.39, 0.29) is 18.9 Å². The average Bonchev–Trinajstić information content (AvgIpc) is 3.36. The predicted octanol–water partition coefficient (Wildman–Crippen LogP) is 8.66. The summed E-state index contributed by atoms with van der Waals surface area (Å²) >= 11 is 0. The van der Waals surface area contributed by atoms with E-state index in [9.17, 15) is 45.6 Å². The zero-order chi connectivity index (χ0) is 51.0. The second-order valence-electron chi connectivity index (χ2n) is 20.0. The van der Waals surface area contributed by atoms with Gasteiger partial charge in [-0.2, -0.15) is 0 Å². The molecular weight excluding hydrogens is 895 g/mol. The van der Waals surface area contributed by atoms with Crippen LogP contribution in [0.5, 0.6) is 0 Å². The van der Waals surface area contributed by atoms with E-state index in [1.165, 1.54) is 141 Å². The Balaban J connectivity index is 1.69. The second-order valence-corrected chi connectivity index (χ2v) is 20.0. The monoisotopic (exact) mass is 998 g/mol. The van der Waals surface area contributed by atoms with Crippen LogP contribution in [0.25, 0.3) is 0 Å². The van der Waals surface area contributed by atoms with Crippen LogP contribution in [-0.4, -0.2) is 140 Å². The Hall–Kier alpha value is -1.79. The fourth-order valence-corrected chi connectivity index (χ4v) is 9.27. The first-order valence-electron chi connectivity index (χ1n) is 28.2. The molecule has 0 aromatic carbocycles. The number of amides is 1. The third-order valence-corrected chi connectivity index (χ3v) is 13.8. The number of nitrogens with one attached hydrogen (secondary N) is 1. The molecule has 14 heteroatoms. The number of carbonyl (C=O) groups excluding carboxylic acids is 1. The van der Waals surface area contributed by atoms with Gasteiger partial charge < -0.3 is 65.1 Å². The standard InChI is InChI=1S/C56H103NO13/c1-3-5-7-9-11-13-15-16-17-18-19-20-21-22-23-24-25-26-27-28-29-30-32-34-36-38-40-48(61)57-44(45(60)39-37-35-33-31-14-12-10-8-6-4-2)43-67-55-53(66)51(64)54(47(42-59)69-55)70-56-52(65)50(63)49(62)46(41-58)68-56/h6,8,14,31,37,39,44-47,49-56,58-60,62-66H,3-5,7,9-13,15-30,32-36,38,40-43H2,1-2H3,(H,57,61)/b8-6+,31-14+,39-37+. The Morgan fingerprint density at radius 3 is 1.39 bits per heavy atom. The van der Waals surface area contributed by atoms with Crippen molar-refractivity contribution in [2.45, 2.75) is 293 Å². The lowest BCUT2D eigenvalue weighted by atomic mass is 9.97. The van der Waals surface area contributed by atoms with Crippen LogP contribution in [0.1, 0.15) is 219 Å². The molecule has 70 heavy (non-hydrogen) atoms. The Bertz CT molecular complexity index is 1320. The maximum atomic E-state index is 13.2. The van der Waals surface area contributed by atoms with Gasteiger partial charge in [0.05, 0.1) is 32.0 Å². The minimum Gasteiger partial charge on any atom is -0.394 e. The summed E-state index contributed by atoms with van der Waals surface area (Å²) in [4.78, 5) is 13.2. The number of rotatable bonds is 44. The predicted molar refractivity (Wildman–Crippen MR) is 277 cm³/mol. The van der Waals surface area contributed by atoms with Gasteiger partial charge in [0.25, 0.3) is 0 Å². The molecule has 1 amide bonds. The molecule has 2 heterocycles. The highest BCUT2D eigenvalue weighted by Crippen LogP contribution is 2.30. The number of allylic oxidation sites excluding steroid dienone is 5. The van der Waals surface area contributed by atoms with Gasteiger partial charge in [0, 0.05) is 6.42 Å². The van der Waals surface area contributed by atoms with Crippen LogP contribution >= 0.6 is 0 Å². The summed E-state index contributed by atoms with van der Waals surface area (Å²) in [6.07, 6.45) is 33.7. The van der Waals surface area contributed by atoms with E-state index in [1.54, 1.807) is 6.08 Å². The van der Waals surface area contributed by atoms with Crippen LogP contribution in [0.2, 0.25) is 0 Å². The summed E-state index contributed by atoms with van der Waals surface area (Å²) in [6.45, 7) is 2.65. The maximum Gasteiger partial charge on any atom is 0.220 e. The molecule has 0 bridgehead atoms. The summed E-state index contributed by atoms with van der Waals surface area (Å²) in [7, 11) is 0. The van der Waals surface area contributed by atoms with E-state index in [0.29, 0.717) is 12.8 Å². The van der Waals surface area contributed by atoms with Crippen LogP contribution in [0.4, 0.5) is 0 Å². The van der Waals surface area contributed by atoms with Crippen molar-refractivity contribution in [2.75, 3.05) is 19.8 Å². The van der Waals surface area contributed by atoms with Crippen LogP contribution in [0.3, 0.4) is 0 Å². The third-order valence-electron chi connectivity index (χ3n) is 13.8. The SMILES string of the molecule is CC/C=C/CC/C=C/CC/C=C/C(O)C(COC1OC(CO)C(OC2OC(CO)C(O)C(O)C2O)C(O)C1O)NC(=O)CCCCCCCCCCCCCCCCCCCCCCCCCCCC. The van der Waals surface area contributed by atoms with Crippen LogP contribution in [-0.2, 0) is 23.7 Å². The summed E-state index contributed by atoms with van der Waals surface area (Å²) in [5.74, 6) is -0.253. The molecule has 0 radical (unpaired) electrons. The molecule has 0 aromatic rings. The molecule has 0 aromatic heterocycles. The van der Waals surface area contributed by atoms with Gasteiger partial charge in [0.2, 0.25) is 5.91 Å². The Morgan fingerprint density at radius 2 is 0.929 bits per heavy atom. The Labute approximate surface area is 423 Å². The van der Waals surface area contributed by atoms with Crippen molar-refractivity contribution in [1.82, 2.24) is 5.32 Å². The number of hydrogen-bond acceptors (Lipinski definition) is 13. The molecule has 2 aliphatic heterocycles. The van der Waals surface area contributed by atoms with E-state index in [4.69, 9.17) is 18.9 Å². The number of hydrogen-bond donors (Lipinski definition) is 9. The number of ether oxygens (including phenoxy) is 4. The first-order chi connectivity index (χ1) is 34.1. The first kappa shape index (κ1) is 64.3. The molecule has 12 atom stereocenters. The highest BCUT2D eigenvalue weighted by Gasteiger charge is 2.51. The molecule has 2 fully saturated rings. The van der Waals surface area contributed by atoms with E-state index in [1.807, 2.05) is 6.08 Å². The average molecular weight is 998 g/mol. The van der Waals surface area contributed by atoms with Gasteiger partial charge >= 0.3 is 0 Å². The third kappa shape index (κ3) is 28.6. The fourth-order valence-electron chi connectivity index (χ4n) is 9.27. The van der Waals surface area contributed by atoms with Crippen LogP contribution in [0, 0.1) is 0 Å². The van der Waals surface area contributed by atoms with E-state index >= 15 is 0 Å². The lowest BCUT2D eigenvalue weighted by Gasteiger charge is -2.46. The largest absolute Gasteiger partial charge is 0.394 e. The summed E-state index contributed by atoms with van der Waals surface area (Å²) in [5, 5.41) is 86.7. The highest BCUT2D eigenvalue weighted by molar-refractivity contribution is 5.76. The van der Waals surface area contributed by atoms with Crippen molar-refractivity contribution >= 4 is 5.91 Å². The molecule has 12 unspecified atom stereocenters. The number of aliphatic hydroxyl groups is 8. The topological polar surface area (TPSA) is 228 Å². The second kappa shape index (κ2) is 42.6. The minimum absolute atomic E-state index is 0.253. The Morgan fingerprint density at radius 1 is 0.514 bits per heavy atom. The summed E-state index contributed by atoms with van der Waals surface area (Å²) in [5.41, 5.74) is 0. The molecule has 0 aliphatic carbocycles. The maximum absolute atomic E-state index is 13.2. The molecule has 0 saturated carbocycles. The zero-order valence-electron chi connectivity index (χ0n) is 43.8. The van der Waals surface area contributed by atoms with E-state index in [2.05, 4.69) is 43.5 Å². The van der Waals surface area contributed by atoms with E-state index in [0.717, 1.165) is 44.9 Å². The molecule has 14 nitrogen and oxygen atoms in total. The molecule has 9 N–H and O–H groups in total. The Kier molecular flexibility index (Phi) is 39.1. The lowest BCUT2D eigenvalue weighted by molar-refractivity contribution is -0.359. The highest BCUT2D eigenvalue weighted by atomic mass is 16.7. The van der Waals surface area contributed by atoms with Gasteiger partial charge in [-0.05, 0) is 38.5 Å². The van der Waals surface area contributed by atoms with Crippen molar-refractivity contribution in [3.8, 4) is 0 Å². The van der Waals surface area contributed by atoms with Gasteiger partial charge in [0.1, 0.15) is 48.8 Å². The van der Waals surface area contributed by atoms with Gasteiger partial charge in [-0.1, -0.05) is 211 Å². The van der Waals surface area contributed by atoms with Crippen LogP contribution < -0.4 is 5.32 Å². The zero-order valence-corrected chi connectivity index (χ0v) is 43.8. The van der Waals surface area contributed by atoms with Gasteiger partial charge in [-0.25, -0.2) is 0 Å². The minimum atomic E-state index is -1.79. The van der Waals surface area contributed by atoms with Gasteiger partial charge in [-0.15, -0.1) is 0 Å². The first-order valence-corrected chi connectivity index (χ1v) is 28.2. The smallest absolute Gasteiger partial charge is 0.220 e. The molecule has 2 rings (SSSR count). The van der Waals surface area contributed by atoms with Gasteiger partial charge in [-0.3, -0.25) is 4.79 Å². The summed E-state index contributed by atoms with van der Waals surface area (Å²) in [6, 6.07) is -0.933. The van der Waals surface area contributed by atoms with Crippen molar-refractivity contribution in [3.05, 3.63) is 36.5 Å². The fraction of sp³-hybridized carbons (Fsp3) is 0.875. The number of aliphatic hydroxyl groups excluding tert-OH is 8. The quantitative estimate of drug-likeness (QED) is 0.0206. The molecular formula is C56H103NO13. The number of unbranched alkanes of at least 4 members (excludes halogenated alkanes) is 27. The number of carbonyl (C=O) groups is 1. The summed E-state index contributed by atoms with van der Waals surface area (Å²) < 4.78 is 22.7. The van der Waals surface area contributed by atoms with E-state index < -0.39 is 86.8 Å². The van der Waals surface area contributed by atoms with Crippen molar-refractivity contribution in [2.24, 2.45) is 0 Å². The van der Waals surface area contributed by atoms with Gasteiger partial charge in [0.15, 0.2) is 12.6 Å². The lowest BCUT2D eigenvalue weighted by Crippen LogP contribution is -2.65. The molecule has 2 aliphatic rings. The van der Waals surface area contributed by atoms with Crippen molar-refractivity contribution in [3.63, 3.8) is 0 Å². The molecule has 410 valence electrons. The molecule has 0 spiro atoms. The molecule has 2 saturated heterocycles.